The predicted octanol–water partition coefficient (Wildman–Crippen LogP) is 3.51. The standard InChI is InChI=1S/C17H25IN4O2S2/c1-21(16-15-7-8-22(18)25-17(15)20-12-19-16)14-5-3-13(4-6-14)11-26(23)10-9-24-2/h7-8,12-14H,3-6,9-11H2,1-2H3. The number of anilines is 1. The van der Waals surface area contributed by atoms with Crippen LogP contribution in [0.25, 0.3) is 6.08 Å². The van der Waals surface area contributed by atoms with Gasteiger partial charge in [0.25, 0.3) is 0 Å². The smallest absolute Gasteiger partial charge is 0.140 e. The third-order valence-corrected chi connectivity index (χ3v) is 8.17. The number of fused-ring (bicyclic) bond motifs is 1. The van der Waals surface area contributed by atoms with E-state index in [1.54, 1.807) is 25.4 Å². The van der Waals surface area contributed by atoms with Crippen molar-refractivity contribution in [3.63, 3.8) is 0 Å². The second kappa shape index (κ2) is 9.70. The van der Waals surface area contributed by atoms with Crippen LogP contribution in [-0.2, 0) is 15.5 Å². The molecule has 2 aliphatic rings. The molecule has 1 aromatic heterocycles. The highest BCUT2D eigenvalue weighted by Crippen LogP contribution is 2.38. The summed E-state index contributed by atoms with van der Waals surface area (Å²) in [5, 5.41) is 1.00. The second-order valence-electron chi connectivity index (χ2n) is 6.68. The molecule has 0 amide bonds. The van der Waals surface area contributed by atoms with Gasteiger partial charge in [0, 0.05) is 60.7 Å². The zero-order valence-electron chi connectivity index (χ0n) is 15.1. The maximum Gasteiger partial charge on any atom is 0.140 e. The van der Waals surface area contributed by atoms with E-state index >= 15 is 0 Å². The van der Waals surface area contributed by atoms with E-state index in [0.717, 1.165) is 47.8 Å². The first-order chi connectivity index (χ1) is 12.6. The van der Waals surface area contributed by atoms with Crippen molar-refractivity contribution >= 4 is 57.5 Å². The average Bonchev–Trinajstić information content (AvgIpc) is 2.65. The molecule has 9 heteroatoms. The molecule has 26 heavy (non-hydrogen) atoms. The molecule has 1 aliphatic carbocycles. The Labute approximate surface area is 176 Å². The second-order valence-corrected chi connectivity index (χ2v) is 11.0. The van der Waals surface area contributed by atoms with E-state index in [9.17, 15) is 4.21 Å². The Morgan fingerprint density at radius 3 is 2.88 bits per heavy atom. The monoisotopic (exact) mass is 508 g/mol. The normalized spacial score (nSPS) is 23.6. The zero-order chi connectivity index (χ0) is 18.5. The molecule has 1 unspecified atom stereocenters. The summed E-state index contributed by atoms with van der Waals surface area (Å²) in [6, 6.07) is 0.480. The number of methoxy groups -OCH3 is 1. The Balaban J connectivity index is 1.58. The molecule has 1 fully saturated rings. The van der Waals surface area contributed by atoms with E-state index in [1.165, 1.54) is 0 Å². The third-order valence-electron chi connectivity index (χ3n) is 4.99. The van der Waals surface area contributed by atoms with E-state index in [0.29, 0.717) is 24.3 Å². The minimum Gasteiger partial charge on any atom is -0.384 e. The van der Waals surface area contributed by atoms with Gasteiger partial charge in [0.1, 0.15) is 17.2 Å². The third kappa shape index (κ3) is 5.11. The van der Waals surface area contributed by atoms with E-state index in [2.05, 4.69) is 50.9 Å². The fraction of sp³-hybridized carbons (Fsp3) is 0.647. The molecule has 0 aromatic carbocycles. The molecule has 1 saturated carbocycles. The highest BCUT2D eigenvalue weighted by molar-refractivity contribution is 14.1. The van der Waals surface area contributed by atoms with Gasteiger partial charge in [-0.05, 0) is 37.7 Å². The first kappa shape index (κ1) is 20.3. The van der Waals surface area contributed by atoms with Crippen LogP contribution in [0.15, 0.2) is 17.6 Å². The lowest BCUT2D eigenvalue weighted by molar-refractivity contribution is 0.218. The van der Waals surface area contributed by atoms with Gasteiger partial charge in [-0.15, -0.1) is 0 Å². The van der Waals surface area contributed by atoms with E-state index in [4.69, 9.17) is 4.74 Å². The summed E-state index contributed by atoms with van der Waals surface area (Å²) in [5.41, 5.74) is 1.11. The SMILES string of the molecule is COCCS(=O)CC1CCC(N(C)c2ncnc3c2C=CN(I)S3)CC1. The van der Waals surface area contributed by atoms with Crippen molar-refractivity contribution in [1.29, 1.82) is 0 Å². The molecular weight excluding hydrogens is 483 g/mol. The summed E-state index contributed by atoms with van der Waals surface area (Å²) >= 11 is 3.86. The summed E-state index contributed by atoms with van der Waals surface area (Å²) in [6.07, 6.45) is 10.3. The van der Waals surface area contributed by atoms with Crippen LogP contribution < -0.4 is 4.90 Å². The molecule has 3 rings (SSSR count). The van der Waals surface area contributed by atoms with Crippen LogP contribution in [0.1, 0.15) is 31.2 Å². The summed E-state index contributed by atoms with van der Waals surface area (Å²) in [5.74, 6) is 3.05. The van der Waals surface area contributed by atoms with Gasteiger partial charge in [0.05, 0.1) is 35.0 Å². The van der Waals surface area contributed by atoms with Crippen LogP contribution >= 0.6 is 34.8 Å². The number of ether oxygens (including phenoxy) is 1. The number of nitrogens with zero attached hydrogens (tertiary/aromatic N) is 4. The lowest BCUT2D eigenvalue weighted by Gasteiger charge is -2.36. The van der Waals surface area contributed by atoms with E-state index in [1.807, 2.05) is 8.72 Å². The van der Waals surface area contributed by atoms with Gasteiger partial charge >= 0.3 is 0 Å². The number of hydrogen-bond acceptors (Lipinski definition) is 7. The minimum atomic E-state index is -0.757. The molecule has 1 aliphatic heterocycles. The summed E-state index contributed by atoms with van der Waals surface area (Å²) in [7, 11) is 3.04. The lowest BCUT2D eigenvalue weighted by atomic mass is 9.86. The molecule has 0 saturated heterocycles. The van der Waals surface area contributed by atoms with Crippen molar-refractivity contribution in [2.75, 3.05) is 37.2 Å². The highest BCUT2D eigenvalue weighted by Gasteiger charge is 2.28. The Hall–Kier alpha value is -0.390. The molecule has 0 N–H and O–H groups in total. The molecule has 1 aromatic rings. The fourth-order valence-electron chi connectivity index (χ4n) is 3.51. The molecule has 0 radical (unpaired) electrons. The Bertz CT molecular complexity index is 668. The van der Waals surface area contributed by atoms with Crippen LogP contribution in [0.2, 0.25) is 0 Å². The summed E-state index contributed by atoms with van der Waals surface area (Å²) in [6.45, 7) is 0.587. The van der Waals surface area contributed by atoms with Crippen molar-refractivity contribution in [2.24, 2.45) is 5.92 Å². The minimum absolute atomic E-state index is 0.480. The maximum atomic E-state index is 12.1. The van der Waals surface area contributed by atoms with Gasteiger partial charge in [-0.3, -0.25) is 6.73 Å². The van der Waals surface area contributed by atoms with Crippen LogP contribution in [0.5, 0.6) is 0 Å². The topological polar surface area (TPSA) is 58.6 Å². The van der Waals surface area contributed by atoms with Crippen molar-refractivity contribution in [3.8, 4) is 0 Å². The Morgan fingerprint density at radius 1 is 1.38 bits per heavy atom. The molecule has 6 nitrogen and oxygen atoms in total. The number of hydrogen-bond donors (Lipinski definition) is 0. The average molecular weight is 508 g/mol. The Kier molecular flexibility index (Phi) is 7.59. The largest absolute Gasteiger partial charge is 0.384 e. The number of halogens is 1. The molecule has 2 heterocycles. The molecule has 144 valence electrons. The lowest BCUT2D eigenvalue weighted by Crippen LogP contribution is -2.37. The van der Waals surface area contributed by atoms with Crippen LogP contribution in [0, 0.1) is 5.92 Å². The predicted molar refractivity (Wildman–Crippen MR) is 117 cm³/mol. The van der Waals surface area contributed by atoms with Crippen molar-refractivity contribution in [1.82, 2.24) is 12.5 Å². The highest BCUT2D eigenvalue weighted by atomic mass is 127. The molecule has 0 bridgehead atoms. The van der Waals surface area contributed by atoms with Crippen LogP contribution in [0.4, 0.5) is 5.82 Å². The summed E-state index contributed by atoms with van der Waals surface area (Å²) < 4.78 is 19.1. The van der Waals surface area contributed by atoms with E-state index in [-0.39, 0.29) is 0 Å². The molecule has 0 spiro atoms. The quantitative estimate of drug-likeness (QED) is 0.242. The van der Waals surface area contributed by atoms with Gasteiger partial charge in [0.2, 0.25) is 0 Å². The van der Waals surface area contributed by atoms with Crippen molar-refractivity contribution < 1.29 is 8.95 Å². The maximum absolute atomic E-state index is 12.1. The number of aromatic nitrogens is 2. The number of rotatable bonds is 7. The van der Waals surface area contributed by atoms with Crippen LogP contribution in [-0.4, -0.2) is 55.0 Å². The van der Waals surface area contributed by atoms with Gasteiger partial charge in [-0.1, -0.05) is 0 Å². The van der Waals surface area contributed by atoms with Gasteiger partial charge in [0.15, 0.2) is 0 Å². The first-order valence-electron chi connectivity index (χ1n) is 8.81. The first-order valence-corrected chi connectivity index (χ1v) is 12.0. The van der Waals surface area contributed by atoms with E-state index < -0.39 is 10.8 Å². The Morgan fingerprint density at radius 2 is 2.15 bits per heavy atom. The van der Waals surface area contributed by atoms with Crippen molar-refractivity contribution in [3.05, 3.63) is 18.1 Å². The zero-order valence-corrected chi connectivity index (χ0v) is 18.9. The summed E-state index contributed by atoms with van der Waals surface area (Å²) in [4.78, 5) is 11.3. The van der Waals surface area contributed by atoms with Gasteiger partial charge in [-0.25, -0.2) is 9.97 Å². The molecular formula is C17H25IN4O2S2. The van der Waals surface area contributed by atoms with Gasteiger partial charge in [-0.2, -0.15) is 0 Å². The molecule has 1 atom stereocenters. The fourth-order valence-corrected chi connectivity index (χ4v) is 6.25. The van der Waals surface area contributed by atoms with Crippen molar-refractivity contribution in [2.45, 2.75) is 36.8 Å². The van der Waals surface area contributed by atoms with Gasteiger partial charge < -0.3 is 9.64 Å². The van der Waals surface area contributed by atoms with Crippen LogP contribution in [0.3, 0.4) is 0 Å².